The van der Waals surface area contributed by atoms with Gasteiger partial charge in [0.2, 0.25) is 0 Å². The van der Waals surface area contributed by atoms with E-state index in [-0.39, 0.29) is 31.1 Å². The zero-order valence-corrected chi connectivity index (χ0v) is 45.9. The molecule has 1 atom stereocenters. The van der Waals surface area contributed by atoms with Gasteiger partial charge in [0, 0.05) is 19.3 Å². The van der Waals surface area contributed by atoms with Crippen LogP contribution in [0.3, 0.4) is 0 Å². The fraction of sp³-hybridized carbons (Fsp3) is 0.887. The summed E-state index contributed by atoms with van der Waals surface area (Å²) in [4.78, 5) is 38.2. The molecule has 0 rings (SSSR count). The predicted molar refractivity (Wildman–Crippen MR) is 293 cm³/mol. The number of ether oxygens (including phenoxy) is 3. The molecule has 0 N–H and O–H groups in total. The lowest BCUT2D eigenvalue weighted by molar-refractivity contribution is -0.167. The Morgan fingerprint density at radius 2 is 0.485 bits per heavy atom. The average molecular weight is 958 g/mol. The third-order valence-corrected chi connectivity index (χ3v) is 13.7. The standard InChI is InChI=1S/C62H116O6/c1-4-7-10-13-16-19-22-25-28-29-30-31-32-33-34-35-38-40-43-46-49-52-55-61(64)67-58-59(68-62(65)56-53-50-47-44-41-37-27-24-21-18-15-12-9-6-3)57-66-60(63)54-51-48-45-42-39-36-26-23-20-17-14-11-8-5-2/h23-24,26-27,59H,4-22,25,28-58H2,1-3H3/b26-23-,27-24-. The first-order valence-electron chi connectivity index (χ1n) is 30.3. The van der Waals surface area contributed by atoms with Gasteiger partial charge in [0.05, 0.1) is 0 Å². The molecule has 6 nitrogen and oxygen atoms in total. The van der Waals surface area contributed by atoms with Gasteiger partial charge < -0.3 is 14.2 Å². The summed E-state index contributed by atoms with van der Waals surface area (Å²) in [6.45, 7) is 6.66. The van der Waals surface area contributed by atoms with Gasteiger partial charge in [0.1, 0.15) is 13.2 Å². The first-order chi connectivity index (χ1) is 33.5. The first-order valence-corrected chi connectivity index (χ1v) is 30.3. The van der Waals surface area contributed by atoms with Crippen LogP contribution in [0.4, 0.5) is 0 Å². The molecule has 0 saturated carbocycles. The molecule has 0 aromatic carbocycles. The van der Waals surface area contributed by atoms with E-state index in [4.69, 9.17) is 14.2 Å². The van der Waals surface area contributed by atoms with Gasteiger partial charge in [-0.2, -0.15) is 0 Å². The van der Waals surface area contributed by atoms with Crippen LogP contribution in [0, 0.1) is 0 Å². The van der Waals surface area contributed by atoms with Gasteiger partial charge in [0.15, 0.2) is 6.10 Å². The summed E-state index contributed by atoms with van der Waals surface area (Å²) in [5, 5.41) is 0. The number of unbranched alkanes of at least 4 members (excludes halogenated alkanes) is 41. The zero-order chi connectivity index (χ0) is 49.3. The SMILES string of the molecule is CCCCCCC/C=C\CCCCCCCC(=O)OCC(COC(=O)CCCCCCCCCCCCCCCCCCCCCCCC)OC(=O)CCCCCCC/C=C\CCCCCCC. The molecule has 0 saturated heterocycles. The number of hydrogen-bond acceptors (Lipinski definition) is 6. The van der Waals surface area contributed by atoms with Crippen molar-refractivity contribution in [1.82, 2.24) is 0 Å². The topological polar surface area (TPSA) is 78.9 Å². The first kappa shape index (κ1) is 65.9. The Morgan fingerprint density at radius 1 is 0.279 bits per heavy atom. The second kappa shape index (κ2) is 57.5. The smallest absolute Gasteiger partial charge is 0.306 e. The zero-order valence-electron chi connectivity index (χ0n) is 45.9. The second-order valence-electron chi connectivity index (χ2n) is 20.6. The molecular formula is C62H116O6. The minimum absolute atomic E-state index is 0.0727. The van der Waals surface area contributed by atoms with Crippen molar-refractivity contribution in [3.05, 3.63) is 24.3 Å². The van der Waals surface area contributed by atoms with E-state index in [2.05, 4.69) is 45.1 Å². The summed E-state index contributed by atoms with van der Waals surface area (Å²) in [5.41, 5.74) is 0. The molecule has 0 aromatic heterocycles. The van der Waals surface area contributed by atoms with Crippen molar-refractivity contribution in [1.29, 1.82) is 0 Å². The predicted octanol–water partition coefficient (Wildman–Crippen LogP) is 20.3. The number of allylic oxidation sites excluding steroid dienone is 4. The Labute approximate surface area is 423 Å². The molecule has 400 valence electrons. The number of carbonyl (C=O) groups excluding carboxylic acids is 3. The van der Waals surface area contributed by atoms with Crippen LogP contribution in [0.1, 0.15) is 335 Å². The molecule has 0 amide bonds. The van der Waals surface area contributed by atoms with E-state index in [1.165, 1.54) is 225 Å². The summed E-state index contributed by atoms with van der Waals surface area (Å²) in [7, 11) is 0. The van der Waals surface area contributed by atoms with Gasteiger partial charge in [-0.15, -0.1) is 0 Å². The summed E-state index contributed by atoms with van der Waals surface area (Å²) in [6, 6.07) is 0. The van der Waals surface area contributed by atoms with E-state index >= 15 is 0 Å². The lowest BCUT2D eigenvalue weighted by atomic mass is 10.0. The van der Waals surface area contributed by atoms with Crippen molar-refractivity contribution < 1.29 is 28.6 Å². The third kappa shape index (κ3) is 54.8. The highest BCUT2D eigenvalue weighted by molar-refractivity contribution is 5.71. The van der Waals surface area contributed by atoms with E-state index in [0.717, 1.165) is 70.6 Å². The van der Waals surface area contributed by atoms with Crippen molar-refractivity contribution in [2.75, 3.05) is 13.2 Å². The highest BCUT2D eigenvalue weighted by Crippen LogP contribution is 2.17. The Morgan fingerprint density at radius 3 is 0.735 bits per heavy atom. The summed E-state index contributed by atoms with van der Waals surface area (Å²) >= 11 is 0. The van der Waals surface area contributed by atoms with E-state index in [1.807, 2.05) is 0 Å². The van der Waals surface area contributed by atoms with Crippen LogP contribution >= 0.6 is 0 Å². The largest absolute Gasteiger partial charge is 0.462 e. The van der Waals surface area contributed by atoms with Gasteiger partial charge in [-0.1, -0.05) is 270 Å². The normalized spacial score (nSPS) is 12.1. The monoisotopic (exact) mass is 957 g/mol. The summed E-state index contributed by atoms with van der Waals surface area (Å²) in [6.07, 6.45) is 67.5. The van der Waals surface area contributed by atoms with E-state index < -0.39 is 6.10 Å². The van der Waals surface area contributed by atoms with Gasteiger partial charge in [-0.25, -0.2) is 0 Å². The maximum absolute atomic E-state index is 12.8. The molecule has 6 heteroatoms. The minimum Gasteiger partial charge on any atom is -0.462 e. The van der Waals surface area contributed by atoms with Crippen LogP contribution < -0.4 is 0 Å². The van der Waals surface area contributed by atoms with Crippen LogP contribution in [0.25, 0.3) is 0 Å². The molecule has 0 aliphatic heterocycles. The molecule has 0 aromatic rings. The third-order valence-electron chi connectivity index (χ3n) is 13.7. The number of hydrogen-bond donors (Lipinski definition) is 0. The van der Waals surface area contributed by atoms with Gasteiger partial charge in [-0.3, -0.25) is 14.4 Å². The molecule has 68 heavy (non-hydrogen) atoms. The lowest BCUT2D eigenvalue weighted by Gasteiger charge is -2.18. The Balaban J connectivity index is 4.26. The minimum atomic E-state index is -0.775. The molecular weight excluding hydrogens is 841 g/mol. The Kier molecular flexibility index (Phi) is 55.7. The van der Waals surface area contributed by atoms with Crippen molar-refractivity contribution >= 4 is 17.9 Å². The molecule has 0 bridgehead atoms. The number of rotatable bonds is 56. The molecule has 0 heterocycles. The Bertz CT molecular complexity index is 1100. The van der Waals surface area contributed by atoms with Crippen LogP contribution in [0.2, 0.25) is 0 Å². The van der Waals surface area contributed by atoms with Gasteiger partial charge in [0.25, 0.3) is 0 Å². The van der Waals surface area contributed by atoms with Crippen molar-refractivity contribution in [2.24, 2.45) is 0 Å². The molecule has 0 fully saturated rings. The van der Waals surface area contributed by atoms with Gasteiger partial charge >= 0.3 is 17.9 Å². The quantitative estimate of drug-likeness (QED) is 0.0262. The highest BCUT2D eigenvalue weighted by atomic mass is 16.6. The summed E-state index contributed by atoms with van der Waals surface area (Å²) in [5.74, 6) is -0.869. The average Bonchev–Trinajstić information content (AvgIpc) is 3.34. The second-order valence-corrected chi connectivity index (χ2v) is 20.6. The molecule has 0 spiro atoms. The van der Waals surface area contributed by atoms with E-state index in [0.29, 0.717) is 19.3 Å². The van der Waals surface area contributed by atoms with Crippen LogP contribution in [-0.2, 0) is 28.6 Å². The van der Waals surface area contributed by atoms with Gasteiger partial charge in [-0.05, 0) is 70.6 Å². The fourth-order valence-electron chi connectivity index (χ4n) is 9.08. The maximum Gasteiger partial charge on any atom is 0.306 e. The highest BCUT2D eigenvalue weighted by Gasteiger charge is 2.19. The number of esters is 3. The van der Waals surface area contributed by atoms with Crippen LogP contribution in [0.5, 0.6) is 0 Å². The molecule has 1 unspecified atom stereocenters. The van der Waals surface area contributed by atoms with Crippen LogP contribution in [-0.4, -0.2) is 37.2 Å². The number of carbonyl (C=O) groups is 3. The van der Waals surface area contributed by atoms with E-state index in [9.17, 15) is 14.4 Å². The fourth-order valence-corrected chi connectivity index (χ4v) is 9.08. The van der Waals surface area contributed by atoms with Crippen molar-refractivity contribution in [3.63, 3.8) is 0 Å². The summed E-state index contributed by atoms with van der Waals surface area (Å²) < 4.78 is 16.9. The molecule has 0 aliphatic rings. The maximum atomic E-state index is 12.8. The van der Waals surface area contributed by atoms with Crippen molar-refractivity contribution in [3.8, 4) is 0 Å². The van der Waals surface area contributed by atoms with Crippen molar-refractivity contribution in [2.45, 2.75) is 341 Å². The lowest BCUT2D eigenvalue weighted by Crippen LogP contribution is -2.30. The Hall–Kier alpha value is -2.11. The van der Waals surface area contributed by atoms with E-state index in [1.54, 1.807) is 0 Å². The van der Waals surface area contributed by atoms with Crippen LogP contribution in [0.15, 0.2) is 24.3 Å². The molecule has 0 aliphatic carbocycles. The molecule has 0 radical (unpaired) electrons.